The van der Waals surface area contributed by atoms with E-state index in [1.165, 1.54) is 68.6 Å². The van der Waals surface area contributed by atoms with E-state index in [-0.39, 0.29) is 11.8 Å². The van der Waals surface area contributed by atoms with Gasteiger partial charge >= 0.3 is 5.97 Å². The third kappa shape index (κ3) is 8.86. The fourth-order valence-corrected chi connectivity index (χ4v) is 5.51. The van der Waals surface area contributed by atoms with E-state index in [1.54, 1.807) is 6.08 Å². The number of alkyl halides is 1. The molecule has 1 aliphatic heterocycles. The van der Waals surface area contributed by atoms with Crippen molar-refractivity contribution in [3.05, 3.63) is 12.2 Å². The van der Waals surface area contributed by atoms with E-state index in [0.717, 1.165) is 38.4 Å². The van der Waals surface area contributed by atoms with Crippen molar-refractivity contribution in [2.24, 2.45) is 11.8 Å². The van der Waals surface area contributed by atoms with Crippen LogP contribution in [0, 0.1) is 11.8 Å². The number of unbranched alkanes of at least 4 members (excludes halogenated alkanes) is 7. The molecule has 0 aromatic rings. The summed E-state index contributed by atoms with van der Waals surface area (Å²) in [5.41, 5.74) is 0. The lowest BCUT2D eigenvalue weighted by atomic mass is 9.84. The number of hydrogen-bond acceptors (Lipinski definition) is 4. The highest BCUT2D eigenvalue weighted by Crippen LogP contribution is 2.49. The standard InChI is InChI=1S/C24H41IO4/c1-2-27-23(26)15-11-7-6-10-14-22-21(13-9-5-3-4-8-12-18-25)16-17-24(22)28-19-20-29-24/h11,15,21-22H,2-10,12-14,16-20H2,1H3/t21-,22+/m0/s1. The molecule has 29 heavy (non-hydrogen) atoms. The van der Waals surface area contributed by atoms with Gasteiger partial charge in [0.1, 0.15) is 0 Å². The predicted molar refractivity (Wildman–Crippen MR) is 126 cm³/mol. The Morgan fingerprint density at radius 3 is 2.45 bits per heavy atom. The minimum atomic E-state index is -0.286. The molecule has 2 fully saturated rings. The Labute approximate surface area is 191 Å². The summed E-state index contributed by atoms with van der Waals surface area (Å²) in [6.07, 6.45) is 19.8. The van der Waals surface area contributed by atoms with Crippen LogP contribution in [0.25, 0.3) is 0 Å². The first kappa shape index (κ1) is 25.1. The van der Waals surface area contributed by atoms with Crippen LogP contribution in [0.1, 0.15) is 90.4 Å². The summed E-state index contributed by atoms with van der Waals surface area (Å²) in [4.78, 5) is 11.4. The molecule has 0 unspecified atom stereocenters. The van der Waals surface area contributed by atoms with Crippen molar-refractivity contribution in [1.29, 1.82) is 0 Å². The van der Waals surface area contributed by atoms with Crippen LogP contribution in [-0.2, 0) is 19.0 Å². The number of rotatable bonds is 15. The molecule has 4 nitrogen and oxygen atoms in total. The van der Waals surface area contributed by atoms with Gasteiger partial charge in [0.15, 0.2) is 5.79 Å². The lowest BCUT2D eigenvalue weighted by molar-refractivity contribution is -0.188. The molecule has 0 radical (unpaired) electrons. The summed E-state index contributed by atoms with van der Waals surface area (Å²) in [5, 5.41) is 0. The molecule has 1 saturated heterocycles. The minimum Gasteiger partial charge on any atom is -0.463 e. The van der Waals surface area contributed by atoms with Crippen LogP contribution in [0.4, 0.5) is 0 Å². The maximum atomic E-state index is 11.4. The first-order valence-electron chi connectivity index (χ1n) is 11.9. The van der Waals surface area contributed by atoms with Gasteiger partial charge in [-0.25, -0.2) is 4.79 Å². The molecule has 0 amide bonds. The molecule has 1 heterocycles. The largest absolute Gasteiger partial charge is 0.463 e. The number of esters is 1. The van der Waals surface area contributed by atoms with Crippen LogP contribution in [0.2, 0.25) is 0 Å². The predicted octanol–water partition coefficient (Wildman–Crippen LogP) is 6.60. The molecule has 0 bridgehead atoms. The highest BCUT2D eigenvalue weighted by atomic mass is 127. The molecule has 1 spiro atoms. The van der Waals surface area contributed by atoms with Gasteiger partial charge in [0.2, 0.25) is 0 Å². The van der Waals surface area contributed by atoms with Crippen LogP contribution in [0.5, 0.6) is 0 Å². The molecule has 0 N–H and O–H groups in total. The normalized spacial score (nSPS) is 23.4. The number of allylic oxidation sites excluding steroid dienone is 1. The van der Waals surface area contributed by atoms with Crippen LogP contribution in [-0.4, -0.2) is 36.0 Å². The Kier molecular flexibility index (Phi) is 12.8. The van der Waals surface area contributed by atoms with Crippen LogP contribution < -0.4 is 0 Å². The topological polar surface area (TPSA) is 44.8 Å². The van der Waals surface area contributed by atoms with Gasteiger partial charge in [-0.3, -0.25) is 0 Å². The van der Waals surface area contributed by atoms with Gasteiger partial charge in [0, 0.05) is 18.4 Å². The maximum absolute atomic E-state index is 11.4. The highest BCUT2D eigenvalue weighted by molar-refractivity contribution is 14.1. The number of carbonyl (C=O) groups is 1. The van der Waals surface area contributed by atoms with Crippen LogP contribution in [0.3, 0.4) is 0 Å². The zero-order valence-electron chi connectivity index (χ0n) is 18.3. The quantitative estimate of drug-likeness (QED) is 0.0803. The number of hydrogen-bond donors (Lipinski definition) is 0. The van der Waals surface area contributed by atoms with Gasteiger partial charge in [-0.1, -0.05) is 67.2 Å². The molecule has 0 aromatic heterocycles. The van der Waals surface area contributed by atoms with E-state index in [1.807, 2.05) is 13.0 Å². The summed E-state index contributed by atoms with van der Waals surface area (Å²) < 4.78 is 18.5. The van der Waals surface area contributed by atoms with Gasteiger partial charge in [-0.2, -0.15) is 0 Å². The van der Waals surface area contributed by atoms with Gasteiger partial charge in [0.05, 0.1) is 19.8 Å². The minimum absolute atomic E-state index is 0.232. The average molecular weight is 520 g/mol. The summed E-state index contributed by atoms with van der Waals surface area (Å²) >= 11 is 2.48. The van der Waals surface area contributed by atoms with Crippen molar-refractivity contribution in [1.82, 2.24) is 0 Å². The van der Waals surface area contributed by atoms with Crippen molar-refractivity contribution < 1.29 is 19.0 Å². The Hall–Kier alpha value is -0.140. The van der Waals surface area contributed by atoms with Crippen molar-refractivity contribution in [3.63, 3.8) is 0 Å². The molecule has 5 heteroatoms. The average Bonchev–Trinajstić information content (AvgIpc) is 3.32. The molecular weight excluding hydrogens is 479 g/mol. The molecule has 168 valence electrons. The van der Waals surface area contributed by atoms with Crippen molar-refractivity contribution in [3.8, 4) is 0 Å². The molecule has 2 atom stereocenters. The molecule has 2 rings (SSSR count). The van der Waals surface area contributed by atoms with Crippen molar-refractivity contribution in [2.75, 3.05) is 24.2 Å². The van der Waals surface area contributed by atoms with E-state index in [4.69, 9.17) is 14.2 Å². The summed E-state index contributed by atoms with van der Waals surface area (Å²) in [6.45, 7) is 3.77. The Bertz CT molecular complexity index is 474. The lowest BCUT2D eigenvalue weighted by Gasteiger charge is -2.32. The number of ether oxygens (including phenoxy) is 3. The zero-order valence-corrected chi connectivity index (χ0v) is 20.5. The van der Waals surface area contributed by atoms with E-state index in [9.17, 15) is 4.79 Å². The second-order valence-electron chi connectivity index (χ2n) is 8.45. The van der Waals surface area contributed by atoms with Crippen LogP contribution in [0.15, 0.2) is 12.2 Å². The summed E-state index contributed by atoms with van der Waals surface area (Å²) in [6, 6.07) is 0. The zero-order chi connectivity index (χ0) is 20.8. The SMILES string of the molecule is CCOC(=O)C=CCCCC[C@@H]1[C@@H](CCCCCCCCI)CCC12OCCO2. The molecule has 0 aromatic carbocycles. The second-order valence-corrected chi connectivity index (χ2v) is 9.53. The van der Waals surface area contributed by atoms with Gasteiger partial charge < -0.3 is 14.2 Å². The summed E-state index contributed by atoms with van der Waals surface area (Å²) in [7, 11) is 0. The van der Waals surface area contributed by atoms with E-state index >= 15 is 0 Å². The fourth-order valence-electron chi connectivity index (χ4n) is 4.97. The van der Waals surface area contributed by atoms with E-state index in [2.05, 4.69) is 22.6 Å². The lowest BCUT2D eigenvalue weighted by Crippen LogP contribution is -2.36. The smallest absolute Gasteiger partial charge is 0.330 e. The Balaban J connectivity index is 1.69. The molecule has 1 aliphatic carbocycles. The van der Waals surface area contributed by atoms with E-state index < -0.39 is 0 Å². The number of halogens is 1. The molecule has 1 saturated carbocycles. The third-order valence-corrected chi connectivity index (χ3v) is 7.17. The summed E-state index contributed by atoms with van der Waals surface area (Å²) in [5.74, 6) is 0.770. The first-order valence-corrected chi connectivity index (χ1v) is 13.4. The number of carbonyl (C=O) groups excluding carboxylic acids is 1. The van der Waals surface area contributed by atoms with Crippen molar-refractivity contribution >= 4 is 28.6 Å². The van der Waals surface area contributed by atoms with Gasteiger partial charge in [0.25, 0.3) is 0 Å². The maximum Gasteiger partial charge on any atom is 0.330 e. The fraction of sp³-hybridized carbons (Fsp3) is 0.875. The highest BCUT2D eigenvalue weighted by Gasteiger charge is 2.51. The first-order chi connectivity index (χ1) is 14.2. The molecule has 2 aliphatic rings. The van der Waals surface area contributed by atoms with Crippen molar-refractivity contribution in [2.45, 2.75) is 96.2 Å². The molecular formula is C24H41IO4. The van der Waals surface area contributed by atoms with Crippen LogP contribution >= 0.6 is 22.6 Å². The second kappa shape index (κ2) is 14.8. The third-order valence-electron chi connectivity index (χ3n) is 6.41. The monoisotopic (exact) mass is 520 g/mol. The van der Waals surface area contributed by atoms with E-state index in [0.29, 0.717) is 12.5 Å². The van der Waals surface area contributed by atoms with Gasteiger partial charge in [-0.15, -0.1) is 0 Å². The van der Waals surface area contributed by atoms with Gasteiger partial charge in [-0.05, 0) is 55.8 Å². The Morgan fingerprint density at radius 1 is 1.03 bits per heavy atom. The Morgan fingerprint density at radius 2 is 1.72 bits per heavy atom.